The average Bonchev–Trinajstić information content (AvgIpc) is 2.29. The molecule has 0 radical (unpaired) electrons. The van der Waals surface area contributed by atoms with Crippen molar-refractivity contribution in [2.75, 3.05) is 0 Å². The Kier molecular flexibility index (Phi) is 1.29. The van der Waals surface area contributed by atoms with Crippen molar-refractivity contribution in [2.45, 2.75) is 31.9 Å². The van der Waals surface area contributed by atoms with Crippen LogP contribution in [0.1, 0.15) is 25.7 Å². The van der Waals surface area contributed by atoms with Gasteiger partial charge in [0.1, 0.15) is 0 Å². The molecule has 2 bridgehead atoms. The lowest BCUT2D eigenvalue weighted by Gasteiger charge is -2.20. The van der Waals surface area contributed by atoms with Crippen LogP contribution >= 0.6 is 0 Å². The van der Waals surface area contributed by atoms with Crippen LogP contribution in [0.25, 0.3) is 0 Å². The lowest BCUT2D eigenvalue weighted by Crippen LogP contribution is -2.28. The first-order valence-corrected chi connectivity index (χ1v) is 3.94. The third-order valence-electron chi connectivity index (χ3n) is 2.79. The molecule has 2 aliphatic carbocycles. The molecule has 0 saturated heterocycles. The summed E-state index contributed by atoms with van der Waals surface area (Å²) in [7, 11) is 0. The fraction of sp³-hybridized carbons (Fsp3) is 0.875. The third kappa shape index (κ3) is 0.780. The maximum absolute atomic E-state index is 12.9. The molecule has 0 unspecified atom stereocenters. The van der Waals surface area contributed by atoms with Crippen LogP contribution in [0.4, 0.5) is 4.39 Å². The Bertz CT molecular complexity index is 167. The Hall–Kier alpha value is -0.400. The number of alkyl halides is 1. The van der Waals surface area contributed by atoms with Crippen LogP contribution in [-0.2, 0) is 4.79 Å². The number of fused-ring (bicyclic) bond motifs is 2. The van der Waals surface area contributed by atoms with E-state index in [0.29, 0.717) is 12.3 Å². The van der Waals surface area contributed by atoms with Crippen LogP contribution < -0.4 is 0 Å². The van der Waals surface area contributed by atoms with Crippen LogP contribution in [0.3, 0.4) is 0 Å². The third-order valence-corrected chi connectivity index (χ3v) is 2.79. The fourth-order valence-corrected chi connectivity index (χ4v) is 2.22. The summed E-state index contributed by atoms with van der Waals surface area (Å²) >= 11 is 0. The van der Waals surface area contributed by atoms with Gasteiger partial charge in [0.15, 0.2) is 12.0 Å². The second-order valence-electron chi connectivity index (χ2n) is 3.51. The second kappa shape index (κ2) is 2.04. The summed E-state index contributed by atoms with van der Waals surface area (Å²) in [6.07, 6.45) is 2.39. The monoisotopic (exact) mass is 142 g/mol. The smallest absolute Gasteiger partial charge is 0.167 e. The molecule has 2 aliphatic rings. The lowest BCUT2D eigenvalue weighted by atomic mass is 9.87. The van der Waals surface area contributed by atoms with Crippen LogP contribution in [0, 0.1) is 11.8 Å². The number of Topliss-reactive ketones (excluding diaryl/α,β-unsaturated/α-hetero) is 1. The Labute approximate surface area is 59.6 Å². The summed E-state index contributed by atoms with van der Waals surface area (Å²) in [6, 6.07) is 0. The number of halogens is 1. The largest absolute Gasteiger partial charge is 0.296 e. The normalized spacial score (nSPS) is 46.1. The summed E-state index contributed by atoms with van der Waals surface area (Å²) in [6.45, 7) is 0. The first kappa shape index (κ1) is 6.32. The van der Waals surface area contributed by atoms with E-state index in [-0.39, 0.29) is 11.7 Å². The van der Waals surface area contributed by atoms with Crippen LogP contribution in [0.2, 0.25) is 0 Å². The predicted octanol–water partition coefficient (Wildman–Crippen LogP) is 1.71. The van der Waals surface area contributed by atoms with Crippen molar-refractivity contribution >= 4 is 5.78 Å². The van der Waals surface area contributed by atoms with Crippen molar-refractivity contribution in [2.24, 2.45) is 11.8 Å². The van der Waals surface area contributed by atoms with E-state index in [2.05, 4.69) is 0 Å². The molecule has 2 fully saturated rings. The summed E-state index contributed by atoms with van der Waals surface area (Å²) in [5.74, 6) is 0.481. The lowest BCUT2D eigenvalue weighted by molar-refractivity contribution is -0.128. The minimum atomic E-state index is -1.11. The highest BCUT2D eigenvalue weighted by Gasteiger charge is 2.40. The molecule has 0 amide bonds. The van der Waals surface area contributed by atoms with E-state index < -0.39 is 6.17 Å². The number of carbonyl (C=O) groups excluding carboxylic acids is 1. The number of hydrogen-bond acceptors (Lipinski definition) is 1. The minimum Gasteiger partial charge on any atom is -0.296 e. The quantitative estimate of drug-likeness (QED) is 0.503. The van der Waals surface area contributed by atoms with Crippen LogP contribution in [0.5, 0.6) is 0 Å². The molecule has 0 aliphatic heterocycles. The summed E-state index contributed by atoms with van der Waals surface area (Å²) in [5.41, 5.74) is 0. The second-order valence-corrected chi connectivity index (χ2v) is 3.51. The Morgan fingerprint density at radius 2 is 2.20 bits per heavy atom. The molecule has 2 saturated carbocycles. The van der Waals surface area contributed by atoms with Gasteiger partial charge in [-0.15, -0.1) is 0 Å². The van der Waals surface area contributed by atoms with Gasteiger partial charge in [-0.1, -0.05) is 0 Å². The minimum absolute atomic E-state index is 0.0891. The predicted molar refractivity (Wildman–Crippen MR) is 35.4 cm³/mol. The topological polar surface area (TPSA) is 17.1 Å². The molecule has 3 atom stereocenters. The molecule has 0 aromatic rings. The van der Waals surface area contributed by atoms with E-state index in [4.69, 9.17) is 0 Å². The molecule has 0 heterocycles. The zero-order valence-corrected chi connectivity index (χ0v) is 5.85. The number of rotatable bonds is 0. The molecular weight excluding hydrogens is 131 g/mol. The van der Waals surface area contributed by atoms with Crippen molar-refractivity contribution in [1.82, 2.24) is 0 Å². The molecule has 1 nitrogen and oxygen atoms in total. The van der Waals surface area contributed by atoms with Crippen molar-refractivity contribution in [3.8, 4) is 0 Å². The van der Waals surface area contributed by atoms with Gasteiger partial charge in [-0.2, -0.15) is 0 Å². The summed E-state index contributed by atoms with van der Waals surface area (Å²) < 4.78 is 12.9. The van der Waals surface area contributed by atoms with Crippen molar-refractivity contribution in [3.63, 3.8) is 0 Å². The number of carbonyl (C=O) groups is 1. The molecule has 0 spiro atoms. The van der Waals surface area contributed by atoms with Crippen LogP contribution in [0.15, 0.2) is 0 Å². The van der Waals surface area contributed by atoms with Gasteiger partial charge in [-0.05, 0) is 31.1 Å². The van der Waals surface area contributed by atoms with Gasteiger partial charge in [-0.3, -0.25) is 4.79 Å². The van der Waals surface area contributed by atoms with E-state index in [9.17, 15) is 9.18 Å². The molecule has 0 aromatic heterocycles. The number of ketones is 1. The van der Waals surface area contributed by atoms with E-state index in [1.54, 1.807) is 0 Å². The van der Waals surface area contributed by atoms with Crippen molar-refractivity contribution in [1.29, 1.82) is 0 Å². The Morgan fingerprint density at radius 1 is 1.40 bits per heavy atom. The van der Waals surface area contributed by atoms with E-state index in [1.165, 1.54) is 0 Å². The average molecular weight is 142 g/mol. The van der Waals surface area contributed by atoms with Crippen molar-refractivity contribution in [3.05, 3.63) is 0 Å². The highest BCUT2D eigenvalue weighted by atomic mass is 19.1. The fourth-order valence-electron chi connectivity index (χ4n) is 2.22. The van der Waals surface area contributed by atoms with Crippen molar-refractivity contribution < 1.29 is 9.18 Å². The molecule has 2 rings (SSSR count). The van der Waals surface area contributed by atoms with Gasteiger partial charge in [0.05, 0.1) is 0 Å². The molecule has 2 heteroatoms. The van der Waals surface area contributed by atoms with Gasteiger partial charge in [0.2, 0.25) is 0 Å². The molecule has 10 heavy (non-hydrogen) atoms. The first-order valence-electron chi connectivity index (χ1n) is 3.94. The first-order chi connectivity index (χ1) is 4.77. The highest BCUT2D eigenvalue weighted by molar-refractivity contribution is 5.84. The molecule has 0 N–H and O–H groups in total. The maximum atomic E-state index is 12.9. The van der Waals surface area contributed by atoms with Gasteiger partial charge < -0.3 is 0 Å². The Balaban J connectivity index is 2.17. The maximum Gasteiger partial charge on any atom is 0.167 e. The van der Waals surface area contributed by atoms with Gasteiger partial charge in [0, 0.05) is 6.42 Å². The van der Waals surface area contributed by atoms with E-state index in [0.717, 1.165) is 19.3 Å². The van der Waals surface area contributed by atoms with Gasteiger partial charge in [-0.25, -0.2) is 4.39 Å². The summed E-state index contributed by atoms with van der Waals surface area (Å²) in [5, 5.41) is 0. The van der Waals surface area contributed by atoms with E-state index in [1.807, 2.05) is 0 Å². The van der Waals surface area contributed by atoms with Gasteiger partial charge in [0.25, 0.3) is 0 Å². The highest BCUT2D eigenvalue weighted by Crippen LogP contribution is 2.41. The SMILES string of the molecule is O=C1C[C@H]2CC[C@H](C2)[C@@H]1F. The standard InChI is InChI=1S/C8H11FO/c9-8-6-2-1-5(3-6)4-7(8)10/h5-6,8H,1-4H2/t5-,6+,8-/m0/s1. The zero-order chi connectivity index (χ0) is 7.14. The van der Waals surface area contributed by atoms with Gasteiger partial charge >= 0.3 is 0 Å². The Morgan fingerprint density at radius 3 is 3.00 bits per heavy atom. The zero-order valence-electron chi connectivity index (χ0n) is 5.85. The van der Waals surface area contributed by atoms with E-state index >= 15 is 0 Å². The molecule has 56 valence electrons. The molecule has 0 aromatic carbocycles. The van der Waals surface area contributed by atoms with Crippen LogP contribution in [-0.4, -0.2) is 12.0 Å². The number of hydrogen-bond donors (Lipinski definition) is 0. The molecular formula is C8H11FO. The summed E-state index contributed by atoms with van der Waals surface area (Å²) in [4.78, 5) is 10.9.